The van der Waals surface area contributed by atoms with Gasteiger partial charge in [0, 0.05) is 5.79 Å². The third kappa shape index (κ3) is 2.27. The Morgan fingerprint density at radius 3 is 2.42 bits per heavy atom. The predicted molar refractivity (Wildman–Crippen MR) is 62.8 cm³/mol. The number of aliphatic hydroxyl groups is 4. The fourth-order valence-corrected chi connectivity index (χ4v) is 2.33. The van der Waals surface area contributed by atoms with Gasteiger partial charge in [0.25, 0.3) is 0 Å². The van der Waals surface area contributed by atoms with E-state index in [9.17, 15) is 20.4 Å². The molecule has 5 atom stereocenters. The number of ether oxygens (including phenoxy) is 1. The molecule has 0 aliphatic carbocycles. The van der Waals surface area contributed by atoms with E-state index in [1.165, 1.54) is 6.07 Å². The summed E-state index contributed by atoms with van der Waals surface area (Å²) in [4.78, 5) is 0. The topological polar surface area (TPSA) is 113 Å². The van der Waals surface area contributed by atoms with Crippen molar-refractivity contribution in [2.24, 2.45) is 0 Å². The Balaban J connectivity index is 2.44. The van der Waals surface area contributed by atoms with Crippen LogP contribution >= 0.6 is 0 Å². The summed E-state index contributed by atoms with van der Waals surface area (Å²) < 4.78 is 5.12. The van der Waals surface area contributed by atoms with Gasteiger partial charge < -0.3 is 30.3 Å². The van der Waals surface area contributed by atoms with Crippen molar-refractivity contribution in [3.63, 3.8) is 0 Å². The molecule has 19 heavy (non-hydrogen) atoms. The molecule has 1 heterocycles. The molecule has 1 aliphatic heterocycles. The summed E-state index contributed by atoms with van der Waals surface area (Å²) in [6, 6.07) is 6.51. The van der Waals surface area contributed by atoms with Gasteiger partial charge in [0.15, 0.2) is 0 Å². The lowest BCUT2D eigenvalue weighted by Crippen LogP contribution is -2.68. The first-order chi connectivity index (χ1) is 8.91. The second-order valence-electron chi connectivity index (χ2n) is 4.75. The fraction of sp³-hybridized carbons (Fsp3) is 0.538. The van der Waals surface area contributed by atoms with Crippen molar-refractivity contribution in [2.45, 2.75) is 37.1 Å². The lowest BCUT2D eigenvalue weighted by atomic mass is 9.86. The zero-order valence-corrected chi connectivity index (χ0v) is 10.4. The first-order valence-corrected chi connectivity index (χ1v) is 6.01. The summed E-state index contributed by atoms with van der Waals surface area (Å²) in [6.45, 7) is 1.05. The molecule has 0 radical (unpaired) electrons. The summed E-state index contributed by atoms with van der Waals surface area (Å²) in [7, 11) is 0. The number of aliphatic hydroxyl groups excluding tert-OH is 4. The molecule has 1 fully saturated rings. The predicted octanol–water partition coefficient (Wildman–Crippen LogP) is -2.02. The van der Waals surface area contributed by atoms with Crippen LogP contribution < -0.4 is 5.11 Å². The molecule has 6 nitrogen and oxygen atoms in total. The van der Waals surface area contributed by atoms with Crippen LogP contribution in [0.5, 0.6) is 0 Å². The molecular weight excluding hydrogens is 252 g/mol. The summed E-state index contributed by atoms with van der Waals surface area (Å²) in [5.74, 6) is -2.42. The fourth-order valence-electron chi connectivity index (χ4n) is 2.33. The van der Waals surface area contributed by atoms with Gasteiger partial charge in [-0.2, -0.15) is 0 Å². The largest absolute Gasteiger partial charge is 0.823 e. The molecule has 0 amide bonds. The first kappa shape index (κ1) is 14.4. The Hall–Kier alpha value is -1.02. The molecule has 2 rings (SSSR count). The maximum atomic E-state index is 12.7. The zero-order valence-electron chi connectivity index (χ0n) is 10.4. The van der Waals surface area contributed by atoms with Gasteiger partial charge in [0.1, 0.15) is 24.4 Å². The summed E-state index contributed by atoms with van der Waals surface area (Å²) in [6.07, 6.45) is -6.25. The minimum Gasteiger partial charge on any atom is -0.823 e. The number of benzene rings is 1. The van der Waals surface area contributed by atoms with Crippen LogP contribution in [0.3, 0.4) is 0 Å². The summed E-state index contributed by atoms with van der Waals surface area (Å²) in [5.41, 5.74) is 0.767. The normalized spacial score (nSPS) is 39.3. The molecule has 6 heteroatoms. The maximum Gasteiger partial charge on any atom is 0.111 e. The molecule has 0 aromatic heterocycles. The summed E-state index contributed by atoms with van der Waals surface area (Å²) in [5, 5.41) is 51.1. The van der Waals surface area contributed by atoms with Crippen molar-refractivity contribution >= 4 is 0 Å². The SMILES string of the molecule is Cc1ccccc1[C@@]1([O-])O[C@H](CO)[C@@H](O)[C@H](O)[C@H]1O. The number of rotatable bonds is 2. The van der Waals surface area contributed by atoms with Gasteiger partial charge in [-0.1, -0.05) is 24.3 Å². The van der Waals surface area contributed by atoms with Crippen molar-refractivity contribution in [2.75, 3.05) is 6.61 Å². The van der Waals surface area contributed by atoms with Gasteiger partial charge >= 0.3 is 0 Å². The lowest BCUT2D eigenvalue weighted by molar-refractivity contribution is -0.608. The van der Waals surface area contributed by atoms with Gasteiger partial charge in [0.2, 0.25) is 0 Å². The minimum absolute atomic E-state index is 0.173. The van der Waals surface area contributed by atoms with Gasteiger partial charge in [-0.05, 0) is 18.1 Å². The Morgan fingerprint density at radius 2 is 1.84 bits per heavy atom. The molecule has 1 aromatic rings. The van der Waals surface area contributed by atoms with Gasteiger partial charge in [-0.3, -0.25) is 0 Å². The highest BCUT2D eigenvalue weighted by Gasteiger charge is 2.47. The molecular formula is C13H17O6-. The van der Waals surface area contributed by atoms with Gasteiger partial charge in [0.05, 0.1) is 6.61 Å². The Kier molecular flexibility index (Phi) is 3.91. The minimum atomic E-state index is -2.42. The highest BCUT2D eigenvalue weighted by atomic mass is 16.7. The van der Waals surface area contributed by atoms with Crippen LogP contribution in [0.25, 0.3) is 0 Å². The number of hydrogen-bond donors (Lipinski definition) is 4. The second-order valence-corrected chi connectivity index (χ2v) is 4.75. The van der Waals surface area contributed by atoms with Crippen molar-refractivity contribution in [1.29, 1.82) is 0 Å². The van der Waals surface area contributed by atoms with Gasteiger partial charge in [-0.25, -0.2) is 0 Å². The smallest absolute Gasteiger partial charge is 0.111 e. The molecule has 0 bridgehead atoms. The molecule has 1 saturated heterocycles. The van der Waals surface area contributed by atoms with Crippen LogP contribution in [0.1, 0.15) is 11.1 Å². The summed E-state index contributed by atoms with van der Waals surface area (Å²) >= 11 is 0. The molecule has 0 unspecified atom stereocenters. The molecule has 1 aromatic carbocycles. The molecule has 1 aliphatic rings. The van der Waals surface area contributed by atoms with Crippen LogP contribution in [0.4, 0.5) is 0 Å². The molecule has 0 saturated carbocycles. The zero-order chi connectivity index (χ0) is 14.2. The van der Waals surface area contributed by atoms with Crippen LogP contribution in [0, 0.1) is 6.92 Å². The molecule has 4 N–H and O–H groups in total. The van der Waals surface area contributed by atoms with E-state index in [0.29, 0.717) is 5.56 Å². The van der Waals surface area contributed by atoms with E-state index in [1.807, 2.05) is 0 Å². The lowest BCUT2D eigenvalue weighted by Gasteiger charge is -2.54. The monoisotopic (exact) mass is 269 g/mol. The maximum absolute atomic E-state index is 12.7. The quantitative estimate of drug-likeness (QED) is 0.493. The second kappa shape index (κ2) is 5.16. The molecule has 0 spiro atoms. The average molecular weight is 269 g/mol. The van der Waals surface area contributed by atoms with Crippen LogP contribution in [0.15, 0.2) is 24.3 Å². The number of aryl methyl sites for hydroxylation is 1. The Bertz CT molecular complexity index is 449. The van der Waals surface area contributed by atoms with Crippen molar-refractivity contribution in [1.82, 2.24) is 0 Å². The van der Waals surface area contributed by atoms with Crippen molar-refractivity contribution in [3.8, 4) is 0 Å². The van der Waals surface area contributed by atoms with E-state index < -0.39 is 36.8 Å². The van der Waals surface area contributed by atoms with Gasteiger partial charge in [-0.15, -0.1) is 0 Å². The Morgan fingerprint density at radius 1 is 1.21 bits per heavy atom. The van der Waals surface area contributed by atoms with Crippen LogP contribution in [0.2, 0.25) is 0 Å². The van der Waals surface area contributed by atoms with E-state index in [4.69, 9.17) is 9.84 Å². The van der Waals surface area contributed by atoms with Crippen molar-refractivity contribution < 1.29 is 30.3 Å². The molecule has 106 valence electrons. The highest BCUT2D eigenvalue weighted by Crippen LogP contribution is 2.35. The van der Waals surface area contributed by atoms with E-state index in [-0.39, 0.29) is 5.56 Å². The standard InChI is InChI=1S/C13H17O6/c1-7-4-2-3-5-8(7)13(18)12(17)11(16)10(15)9(6-14)19-13/h2-5,9-12,14-17H,6H2,1H3/q-1/t9-,10-,11+,12-,13-/m1/s1. The number of hydrogen-bond acceptors (Lipinski definition) is 6. The van der Waals surface area contributed by atoms with Crippen LogP contribution in [-0.4, -0.2) is 51.4 Å². The van der Waals surface area contributed by atoms with E-state index >= 15 is 0 Å². The highest BCUT2D eigenvalue weighted by molar-refractivity contribution is 5.31. The van der Waals surface area contributed by atoms with Crippen LogP contribution in [-0.2, 0) is 10.5 Å². The third-order valence-corrected chi connectivity index (χ3v) is 3.47. The Labute approximate surface area is 110 Å². The average Bonchev–Trinajstić information content (AvgIpc) is 2.41. The van der Waals surface area contributed by atoms with E-state index in [1.54, 1.807) is 25.1 Å². The third-order valence-electron chi connectivity index (χ3n) is 3.47. The first-order valence-electron chi connectivity index (χ1n) is 6.01. The van der Waals surface area contributed by atoms with Crippen molar-refractivity contribution in [3.05, 3.63) is 35.4 Å². The van der Waals surface area contributed by atoms with E-state index in [0.717, 1.165) is 0 Å². The van der Waals surface area contributed by atoms with E-state index in [2.05, 4.69) is 0 Å².